The molecule has 0 radical (unpaired) electrons. The minimum absolute atomic E-state index is 0.126. The van der Waals surface area contributed by atoms with Crippen molar-refractivity contribution in [3.05, 3.63) is 38.3 Å². The number of nitrogens with zero attached hydrogens (tertiary/aromatic N) is 1. The fourth-order valence-corrected chi connectivity index (χ4v) is 6.60. The summed E-state index contributed by atoms with van der Waals surface area (Å²) in [5.74, 6) is 0. The minimum Gasteiger partial charge on any atom is -0.294 e. The van der Waals surface area contributed by atoms with Gasteiger partial charge in [-0.05, 0) is 65.4 Å². The first-order chi connectivity index (χ1) is 10.6. The summed E-state index contributed by atoms with van der Waals surface area (Å²) in [5.41, 5.74) is 0. The van der Waals surface area contributed by atoms with Crippen molar-refractivity contribution in [3.63, 3.8) is 0 Å². The molecular formula is C14H17BrN2O2S3. The van der Waals surface area contributed by atoms with Crippen LogP contribution in [0.2, 0.25) is 0 Å². The Morgan fingerprint density at radius 2 is 2.05 bits per heavy atom. The molecule has 1 aliphatic rings. The number of rotatable bonds is 6. The lowest BCUT2D eigenvalue weighted by Gasteiger charge is -2.26. The fraction of sp³-hybridized carbons (Fsp3) is 0.429. The molecule has 0 amide bonds. The van der Waals surface area contributed by atoms with Crippen LogP contribution in [-0.2, 0) is 10.0 Å². The normalized spacial score (nSPS) is 17.9. The highest BCUT2D eigenvalue weighted by atomic mass is 79.9. The van der Waals surface area contributed by atoms with Crippen LogP contribution in [0, 0.1) is 0 Å². The highest BCUT2D eigenvalue weighted by Crippen LogP contribution is 2.29. The van der Waals surface area contributed by atoms with Gasteiger partial charge in [0, 0.05) is 11.4 Å². The number of hydrogen-bond acceptors (Lipinski definition) is 5. The van der Waals surface area contributed by atoms with Gasteiger partial charge in [0.25, 0.3) is 0 Å². The smallest absolute Gasteiger partial charge is 0.250 e. The molecule has 3 heterocycles. The van der Waals surface area contributed by atoms with Crippen molar-refractivity contribution < 1.29 is 8.42 Å². The molecule has 120 valence electrons. The Kier molecular flexibility index (Phi) is 5.36. The Hall–Kier alpha value is -0.250. The summed E-state index contributed by atoms with van der Waals surface area (Å²) in [6.07, 6.45) is 2.37. The van der Waals surface area contributed by atoms with Crippen molar-refractivity contribution in [1.82, 2.24) is 9.62 Å². The molecule has 0 aromatic carbocycles. The summed E-state index contributed by atoms with van der Waals surface area (Å²) in [7, 11) is -3.44. The van der Waals surface area contributed by atoms with Crippen molar-refractivity contribution in [2.75, 3.05) is 19.6 Å². The highest BCUT2D eigenvalue weighted by molar-refractivity contribution is 9.11. The number of nitrogens with one attached hydrogen (secondary N) is 1. The Balaban J connectivity index is 1.74. The van der Waals surface area contributed by atoms with Crippen molar-refractivity contribution in [3.8, 4) is 0 Å². The molecule has 1 saturated heterocycles. The molecule has 1 atom stereocenters. The van der Waals surface area contributed by atoms with E-state index >= 15 is 0 Å². The molecule has 0 aliphatic carbocycles. The summed E-state index contributed by atoms with van der Waals surface area (Å²) in [4.78, 5) is 3.59. The summed E-state index contributed by atoms with van der Waals surface area (Å²) >= 11 is 6.23. The predicted molar refractivity (Wildman–Crippen MR) is 95.1 cm³/mol. The Morgan fingerprint density at radius 1 is 1.27 bits per heavy atom. The maximum atomic E-state index is 12.4. The number of hydrogen-bond donors (Lipinski definition) is 1. The molecule has 0 spiro atoms. The number of halogens is 1. The van der Waals surface area contributed by atoms with Crippen LogP contribution >= 0.6 is 38.6 Å². The topological polar surface area (TPSA) is 49.4 Å². The van der Waals surface area contributed by atoms with Crippen LogP contribution in [-0.4, -0.2) is 33.0 Å². The van der Waals surface area contributed by atoms with Gasteiger partial charge in [-0.15, -0.1) is 22.7 Å². The van der Waals surface area contributed by atoms with Gasteiger partial charge in [-0.3, -0.25) is 4.90 Å². The molecule has 22 heavy (non-hydrogen) atoms. The molecule has 0 bridgehead atoms. The van der Waals surface area contributed by atoms with Crippen LogP contribution < -0.4 is 4.72 Å². The number of likely N-dealkylation sites (tertiary alicyclic amines) is 1. The first-order valence-corrected chi connectivity index (χ1v) is 11.1. The Labute approximate surface area is 147 Å². The van der Waals surface area contributed by atoms with Gasteiger partial charge < -0.3 is 0 Å². The van der Waals surface area contributed by atoms with Crippen LogP contribution in [0.25, 0.3) is 0 Å². The lowest BCUT2D eigenvalue weighted by molar-refractivity contribution is 0.250. The van der Waals surface area contributed by atoms with Crippen molar-refractivity contribution in [2.24, 2.45) is 0 Å². The van der Waals surface area contributed by atoms with Gasteiger partial charge in [-0.1, -0.05) is 6.07 Å². The Bertz CT molecular complexity index is 706. The van der Waals surface area contributed by atoms with E-state index in [0.29, 0.717) is 10.8 Å². The van der Waals surface area contributed by atoms with Crippen LogP contribution in [0.5, 0.6) is 0 Å². The van der Waals surface area contributed by atoms with Gasteiger partial charge in [0.1, 0.15) is 4.21 Å². The van der Waals surface area contributed by atoms with E-state index in [1.165, 1.54) is 29.1 Å². The molecule has 2 aromatic heterocycles. The quantitative estimate of drug-likeness (QED) is 0.774. The first-order valence-electron chi connectivity index (χ1n) is 7.09. The highest BCUT2D eigenvalue weighted by Gasteiger charge is 2.26. The zero-order chi connectivity index (χ0) is 15.6. The number of sulfonamides is 1. The van der Waals surface area contributed by atoms with E-state index in [-0.39, 0.29) is 6.04 Å². The van der Waals surface area contributed by atoms with Crippen molar-refractivity contribution in [2.45, 2.75) is 23.1 Å². The second-order valence-electron chi connectivity index (χ2n) is 5.18. The van der Waals surface area contributed by atoms with E-state index in [9.17, 15) is 8.42 Å². The molecule has 1 N–H and O–H groups in total. The minimum atomic E-state index is -3.44. The van der Waals surface area contributed by atoms with Crippen LogP contribution in [0.3, 0.4) is 0 Å². The molecule has 4 nitrogen and oxygen atoms in total. The monoisotopic (exact) mass is 420 g/mol. The average molecular weight is 421 g/mol. The predicted octanol–water partition coefficient (Wildman–Crippen LogP) is 3.69. The molecular weight excluding hydrogens is 404 g/mol. The fourth-order valence-electron chi connectivity index (χ4n) is 2.65. The van der Waals surface area contributed by atoms with E-state index in [0.717, 1.165) is 16.9 Å². The lowest BCUT2D eigenvalue weighted by Crippen LogP contribution is -2.36. The average Bonchev–Trinajstić information content (AvgIpc) is 3.20. The van der Waals surface area contributed by atoms with Gasteiger partial charge in [-0.25, -0.2) is 13.1 Å². The molecule has 1 aliphatic heterocycles. The van der Waals surface area contributed by atoms with Crippen molar-refractivity contribution >= 4 is 48.6 Å². The van der Waals surface area contributed by atoms with Crippen LogP contribution in [0.4, 0.5) is 0 Å². The van der Waals surface area contributed by atoms with Crippen molar-refractivity contribution in [1.29, 1.82) is 0 Å². The second kappa shape index (κ2) is 7.11. The maximum absolute atomic E-state index is 12.4. The summed E-state index contributed by atoms with van der Waals surface area (Å²) < 4.78 is 28.8. The zero-order valence-electron chi connectivity index (χ0n) is 11.9. The standard InChI is InChI=1S/C14H17BrN2O2S3/c15-13-5-6-14(21-13)22(18,19)16-10-11(12-4-3-9-20-12)17-7-1-2-8-17/h3-6,9,11,16H,1-2,7-8,10H2. The van der Waals surface area contributed by atoms with Gasteiger partial charge in [0.05, 0.1) is 9.83 Å². The molecule has 0 saturated carbocycles. The zero-order valence-corrected chi connectivity index (χ0v) is 15.9. The van der Waals surface area contributed by atoms with E-state index in [1.807, 2.05) is 11.4 Å². The molecule has 3 rings (SSSR count). The number of thiophene rings is 2. The third kappa shape index (κ3) is 3.80. The van der Waals surface area contributed by atoms with Crippen LogP contribution in [0.1, 0.15) is 23.8 Å². The molecule has 8 heteroatoms. The molecule has 1 unspecified atom stereocenters. The molecule has 2 aromatic rings. The lowest BCUT2D eigenvalue weighted by atomic mass is 10.2. The first kappa shape index (κ1) is 16.6. The van der Waals surface area contributed by atoms with Gasteiger partial charge >= 0.3 is 0 Å². The maximum Gasteiger partial charge on any atom is 0.250 e. The van der Waals surface area contributed by atoms with E-state index < -0.39 is 10.0 Å². The summed E-state index contributed by atoms with van der Waals surface area (Å²) in [5, 5.41) is 2.04. The van der Waals surface area contributed by atoms with Gasteiger partial charge in [0.2, 0.25) is 10.0 Å². The van der Waals surface area contributed by atoms with E-state index in [4.69, 9.17) is 0 Å². The largest absolute Gasteiger partial charge is 0.294 e. The SMILES string of the molecule is O=S(=O)(NCC(c1cccs1)N1CCCC1)c1ccc(Br)s1. The van der Waals surface area contributed by atoms with E-state index in [2.05, 4.69) is 31.6 Å². The summed E-state index contributed by atoms with van der Waals surface area (Å²) in [6, 6.07) is 7.63. The Morgan fingerprint density at radius 3 is 2.64 bits per heavy atom. The van der Waals surface area contributed by atoms with Gasteiger partial charge in [-0.2, -0.15) is 0 Å². The van der Waals surface area contributed by atoms with Gasteiger partial charge in [0.15, 0.2) is 0 Å². The van der Waals surface area contributed by atoms with E-state index in [1.54, 1.807) is 23.5 Å². The third-order valence-corrected chi connectivity index (χ3v) is 8.25. The third-order valence-electron chi connectivity index (χ3n) is 3.73. The van der Waals surface area contributed by atoms with Crippen LogP contribution in [0.15, 0.2) is 37.6 Å². The molecule has 1 fully saturated rings. The summed E-state index contributed by atoms with van der Waals surface area (Å²) in [6.45, 7) is 2.49. The second-order valence-corrected chi connectivity index (χ2v) is 10.6.